The highest BCUT2D eigenvalue weighted by Gasteiger charge is 2.16. The molecule has 0 aromatic heterocycles. The fourth-order valence-corrected chi connectivity index (χ4v) is 2.17. The van der Waals surface area contributed by atoms with Crippen LogP contribution in [0.4, 0.5) is 11.4 Å². The fourth-order valence-electron chi connectivity index (χ4n) is 1.58. The Labute approximate surface area is 115 Å². The average Bonchev–Trinajstić information content (AvgIpc) is 2.35. The third-order valence-corrected chi connectivity index (χ3v) is 3.25. The van der Waals surface area contributed by atoms with E-state index in [1.165, 1.54) is 18.2 Å². The molecule has 0 radical (unpaired) electrons. The Bertz CT molecular complexity index is 479. The number of thioether (sulfide) groups is 1. The second-order valence-electron chi connectivity index (χ2n) is 4.12. The van der Waals surface area contributed by atoms with Crippen LogP contribution in [-0.2, 0) is 0 Å². The molecule has 0 amide bonds. The molecular weight excluding hydrogens is 268 g/mol. The van der Waals surface area contributed by atoms with Crippen molar-refractivity contribution < 1.29 is 14.8 Å². The van der Waals surface area contributed by atoms with Gasteiger partial charge in [0.15, 0.2) is 0 Å². The number of hydrogen-bond donors (Lipinski definition) is 2. The predicted molar refractivity (Wildman–Crippen MR) is 76.1 cm³/mol. The van der Waals surface area contributed by atoms with Crippen LogP contribution in [0, 0.1) is 10.1 Å². The lowest BCUT2D eigenvalue weighted by Gasteiger charge is -2.16. The molecule has 0 aliphatic carbocycles. The van der Waals surface area contributed by atoms with Gasteiger partial charge in [-0.15, -0.1) is 0 Å². The van der Waals surface area contributed by atoms with Crippen LogP contribution < -0.4 is 5.32 Å². The largest absolute Gasteiger partial charge is 0.478 e. The van der Waals surface area contributed by atoms with Crippen LogP contribution in [0.5, 0.6) is 0 Å². The molecule has 0 saturated carbocycles. The van der Waals surface area contributed by atoms with Crippen molar-refractivity contribution in [2.75, 3.05) is 17.3 Å². The van der Waals surface area contributed by atoms with Gasteiger partial charge >= 0.3 is 5.97 Å². The van der Waals surface area contributed by atoms with Crippen molar-refractivity contribution in [1.29, 1.82) is 0 Å². The van der Waals surface area contributed by atoms with Gasteiger partial charge in [0.2, 0.25) is 0 Å². The molecule has 1 aromatic carbocycles. The Morgan fingerprint density at radius 1 is 1.58 bits per heavy atom. The lowest BCUT2D eigenvalue weighted by atomic mass is 10.1. The second-order valence-corrected chi connectivity index (χ2v) is 5.10. The summed E-state index contributed by atoms with van der Waals surface area (Å²) >= 11 is 1.69. The molecule has 1 rings (SSSR count). The van der Waals surface area contributed by atoms with E-state index < -0.39 is 10.9 Å². The van der Waals surface area contributed by atoms with Gasteiger partial charge in [-0.3, -0.25) is 10.1 Å². The lowest BCUT2D eigenvalue weighted by Crippen LogP contribution is -2.18. The van der Waals surface area contributed by atoms with Crippen LogP contribution in [0.25, 0.3) is 0 Å². The van der Waals surface area contributed by atoms with E-state index in [-0.39, 0.29) is 23.0 Å². The molecule has 6 nitrogen and oxygen atoms in total. The van der Waals surface area contributed by atoms with Gasteiger partial charge in [0, 0.05) is 18.2 Å². The maximum absolute atomic E-state index is 11.1. The number of nitrogens with one attached hydrogen (secondary N) is 1. The maximum atomic E-state index is 11.1. The number of nitro benzene ring substituents is 1. The predicted octanol–water partition coefficient (Wildman–Crippen LogP) is 2.85. The Morgan fingerprint density at radius 2 is 2.26 bits per heavy atom. The van der Waals surface area contributed by atoms with Gasteiger partial charge in [-0.1, -0.05) is 0 Å². The van der Waals surface area contributed by atoms with Gasteiger partial charge in [0.25, 0.3) is 5.69 Å². The van der Waals surface area contributed by atoms with E-state index in [9.17, 15) is 14.9 Å². The van der Waals surface area contributed by atoms with Crippen molar-refractivity contribution in [3.8, 4) is 0 Å². The summed E-state index contributed by atoms with van der Waals surface area (Å²) in [4.78, 5) is 21.3. The summed E-state index contributed by atoms with van der Waals surface area (Å²) in [5.74, 6) is -0.166. The maximum Gasteiger partial charge on any atom is 0.337 e. The minimum Gasteiger partial charge on any atom is -0.478 e. The molecule has 0 saturated heterocycles. The first kappa shape index (κ1) is 15.3. The van der Waals surface area contributed by atoms with Gasteiger partial charge in [0.05, 0.1) is 16.2 Å². The molecule has 0 aliphatic heterocycles. The number of rotatable bonds is 7. The standard InChI is InChI=1S/C12H16N2O4S/c1-8(5-6-19-2)13-11-7-9(14(17)18)3-4-10(11)12(15)16/h3-4,7-8,13H,5-6H2,1-2H3,(H,15,16). The molecule has 1 atom stereocenters. The number of anilines is 1. The molecule has 1 unspecified atom stereocenters. The molecule has 2 N–H and O–H groups in total. The summed E-state index contributed by atoms with van der Waals surface area (Å²) < 4.78 is 0. The SMILES string of the molecule is CSCCC(C)Nc1cc([N+](=O)[O-])ccc1C(=O)O. The highest BCUT2D eigenvalue weighted by molar-refractivity contribution is 7.98. The fraction of sp³-hybridized carbons (Fsp3) is 0.417. The van der Waals surface area contributed by atoms with Crippen LogP contribution in [0.2, 0.25) is 0 Å². The number of aromatic carboxylic acids is 1. The van der Waals surface area contributed by atoms with Crippen molar-refractivity contribution in [2.45, 2.75) is 19.4 Å². The molecule has 19 heavy (non-hydrogen) atoms. The van der Waals surface area contributed by atoms with E-state index in [0.29, 0.717) is 0 Å². The molecule has 0 aliphatic rings. The minimum atomic E-state index is -1.10. The summed E-state index contributed by atoms with van der Waals surface area (Å²) in [7, 11) is 0. The first-order valence-electron chi connectivity index (χ1n) is 5.73. The lowest BCUT2D eigenvalue weighted by molar-refractivity contribution is -0.384. The third kappa shape index (κ3) is 4.44. The highest BCUT2D eigenvalue weighted by Crippen LogP contribution is 2.24. The summed E-state index contributed by atoms with van der Waals surface area (Å²) in [6, 6.07) is 3.76. The van der Waals surface area contributed by atoms with Crippen molar-refractivity contribution >= 4 is 29.1 Å². The highest BCUT2D eigenvalue weighted by atomic mass is 32.2. The van der Waals surface area contributed by atoms with E-state index in [2.05, 4.69) is 5.32 Å². The van der Waals surface area contributed by atoms with Crippen molar-refractivity contribution in [2.24, 2.45) is 0 Å². The van der Waals surface area contributed by atoms with E-state index in [0.717, 1.165) is 12.2 Å². The number of hydrogen-bond acceptors (Lipinski definition) is 5. The monoisotopic (exact) mass is 284 g/mol. The van der Waals surface area contributed by atoms with E-state index in [1.807, 2.05) is 13.2 Å². The molecule has 0 fully saturated rings. The van der Waals surface area contributed by atoms with Crippen molar-refractivity contribution in [3.05, 3.63) is 33.9 Å². The zero-order chi connectivity index (χ0) is 14.4. The normalized spacial score (nSPS) is 11.9. The Balaban J connectivity index is 2.97. The minimum absolute atomic E-state index is 0.0431. The smallest absolute Gasteiger partial charge is 0.337 e. The first-order valence-corrected chi connectivity index (χ1v) is 7.12. The molecule has 104 valence electrons. The zero-order valence-electron chi connectivity index (χ0n) is 10.8. The molecule has 0 bridgehead atoms. The van der Waals surface area contributed by atoms with Gasteiger partial charge < -0.3 is 10.4 Å². The quantitative estimate of drug-likeness (QED) is 0.591. The number of non-ortho nitro benzene ring substituents is 1. The number of carbonyl (C=O) groups is 1. The van der Waals surface area contributed by atoms with Gasteiger partial charge in [-0.05, 0) is 31.4 Å². The summed E-state index contributed by atoms with van der Waals surface area (Å²) in [6.45, 7) is 1.92. The summed E-state index contributed by atoms with van der Waals surface area (Å²) in [6.07, 6.45) is 2.84. The van der Waals surface area contributed by atoms with E-state index in [4.69, 9.17) is 5.11 Å². The van der Waals surface area contributed by atoms with Crippen LogP contribution in [-0.4, -0.2) is 34.0 Å². The number of nitro groups is 1. The number of nitrogens with zero attached hydrogens (tertiary/aromatic N) is 1. The number of benzene rings is 1. The van der Waals surface area contributed by atoms with Gasteiger partial charge in [-0.2, -0.15) is 11.8 Å². The first-order chi connectivity index (χ1) is 8.95. The Kier molecular flexibility index (Phi) is 5.62. The van der Waals surface area contributed by atoms with Crippen LogP contribution in [0.15, 0.2) is 18.2 Å². The molecule has 7 heteroatoms. The van der Waals surface area contributed by atoms with Crippen molar-refractivity contribution in [3.63, 3.8) is 0 Å². The number of carboxylic acid groups (broad SMARTS) is 1. The van der Waals surface area contributed by atoms with Crippen molar-refractivity contribution in [1.82, 2.24) is 0 Å². The van der Waals surface area contributed by atoms with Gasteiger partial charge in [-0.25, -0.2) is 4.79 Å². The van der Waals surface area contributed by atoms with Crippen LogP contribution >= 0.6 is 11.8 Å². The molecular formula is C12H16N2O4S. The zero-order valence-corrected chi connectivity index (χ0v) is 11.6. The topological polar surface area (TPSA) is 92.5 Å². The Hall–Kier alpha value is -1.76. The second kappa shape index (κ2) is 6.98. The van der Waals surface area contributed by atoms with E-state index >= 15 is 0 Å². The molecule has 1 aromatic rings. The Morgan fingerprint density at radius 3 is 2.79 bits per heavy atom. The number of carboxylic acids is 1. The van der Waals surface area contributed by atoms with Gasteiger partial charge in [0.1, 0.15) is 0 Å². The summed E-state index contributed by atoms with van der Waals surface area (Å²) in [5.41, 5.74) is 0.210. The third-order valence-electron chi connectivity index (χ3n) is 2.60. The summed E-state index contributed by atoms with van der Waals surface area (Å²) in [5, 5.41) is 22.8. The van der Waals surface area contributed by atoms with E-state index in [1.54, 1.807) is 11.8 Å². The van der Waals surface area contributed by atoms with Crippen LogP contribution in [0.1, 0.15) is 23.7 Å². The molecule has 0 spiro atoms. The average molecular weight is 284 g/mol. The molecule has 0 heterocycles. The van der Waals surface area contributed by atoms with Crippen LogP contribution in [0.3, 0.4) is 0 Å².